The minimum atomic E-state index is 0.0925. The van der Waals surface area contributed by atoms with Crippen LogP contribution in [0.2, 0.25) is 0 Å². The van der Waals surface area contributed by atoms with Crippen molar-refractivity contribution in [2.45, 2.75) is 6.61 Å². The highest BCUT2D eigenvalue weighted by Crippen LogP contribution is 2.36. The van der Waals surface area contributed by atoms with Gasteiger partial charge in [0.15, 0.2) is 11.5 Å². The van der Waals surface area contributed by atoms with Crippen LogP contribution in [0.4, 0.5) is 0 Å². The third kappa shape index (κ3) is 2.01. The number of thiophene rings is 1. The minimum absolute atomic E-state index is 0.0925. The van der Waals surface area contributed by atoms with Crippen LogP contribution in [0.5, 0.6) is 11.5 Å². The number of aliphatic hydroxyl groups is 1. The van der Waals surface area contributed by atoms with Crippen LogP contribution >= 0.6 is 11.3 Å². The molecular formula is C13H12O3S. The van der Waals surface area contributed by atoms with Crippen molar-refractivity contribution in [3.05, 3.63) is 35.2 Å². The van der Waals surface area contributed by atoms with Gasteiger partial charge in [-0.1, -0.05) is 0 Å². The molecular weight excluding hydrogens is 236 g/mol. The SMILES string of the molecule is OCc1ccc(-c2ccc3c(c2)OCCO3)s1. The summed E-state index contributed by atoms with van der Waals surface area (Å²) in [4.78, 5) is 2.10. The summed E-state index contributed by atoms with van der Waals surface area (Å²) < 4.78 is 11.0. The van der Waals surface area contributed by atoms with E-state index in [0.717, 1.165) is 26.8 Å². The summed E-state index contributed by atoms with van der Waals surface area (Å²) in [5, 5.41) is 9.06. The van der Waals surface area contributed by atoms with Gasteiger partial charge in [-0.15, -0.1) is 11.3 Å². The maximum Gasteiger partial charge on any atom is 0.162 e. The standard InChI is InChI=1S/C13H12O3S/c14-8-10-2-4-13(17-10)9-1-3-11-12(7-9)16-6-5-15-11/h1-4,7,14H,5-6,8H2. The van der Waals surface area contributed by atoms with E-state index in [0.29, 0.717) is 13.2 Å². The Balaban J connectivity index is 1.97. The van der Waals surface area contributed by atoms with Gasteiger partial charge in [0, 0.05) is 9.75 Å². The number of rotatable bonds is 2. The molecule has 17 heavy (non-hydrogen) atoms. The molecule has 1 aliphatic heterocycles. The second kappa shape index (κ2) is 4.39. The fourth-order valence-corrected chi connectivity index (χ4v) is 2.68. The van der Waals surface area contributed by atoms with Crippen LogP contribution in [0.1, 0.15) is 4.88 Å². The Bertz CT molecular complexity index is 533. The molecule has 3 nitrogen and oxygen atoms in total. The van der Waals surface area contributed by atoms with Crippen LogP contribution in [0.15, 0.2) is 30.3 Å². The lowest BCUT2D eigenvalue weighted by Crippen LogP contribution is -2.15. The monoisotopic (exact) mass is 248 g/mol. The van der Waals surface area contributed by atoms with E-state index < -0.39 is 0 Å². The van der Waals surface area contributed by atoms with Gasteiger partial charge in [-0.25, -0.2) is 0 Å². The number of ether oxygens (including phenoxy) is 2. The number of hydrogen-bond acceptors (Lipinski definition) is 4. The van der Waals surface area contributed by atoms with Gasteiger partial charge in [-0.3, -0.25) is 0 Å². The molecule has 88 valence electrons. The summed E-state index contributed by atoms with van der Waals surface area (Å²) in [5.41, 5.74) is 1.10. The molecule has 0 atom stereocenters. The second-order valence-electron chi connectivity index (χ2n) is 3.78. The van der Waals surface area contributed by atoms with E-state index in [9.17, 15) is 0 Å². The molecule has 0 fully saturated rings. The molecule has 3 rings (SSSR count). The third-order valence-electron chi connectivity index (χ3n) is 2.64. The average Bonchev–Trinajstić information content (AvgIpc) is 2.87. The topological polar surface area (TPSA) is 38.7 Å². The van der Waals surface area contributed by atoms with Crippen molar-refractivity contribution in [2.75, 3.05) is 13.2 Å². The molecule has 2 aromatic rings. The predicted molar refractivity (Wildman–Crippen MR) is 66.7 cm³/mol. The molecule has 0 bridgehead atoms. The average molecular weight is 248 g/mol. The lowest BCUT2D eigenvalue weighted by molar-refractivity contribution is 0.171. The lowest BCUT2D eigenvalue weighted by atomic mass is 10.1. The molecule has 1 N–H and O–H groups in total. The van der Waals surface area contributed by atoms with Crippen molar-refractivity contribution in [1.29, 1.82) is 0 Å². The van der Waals surface area contributed by atoms with Gasteiger partial charge in [0.1, 0.15) is 13.2 Å². The van der Waals surface area contributed by atoms with Crippen molar-refractivity contribution < 1.29 is 14.6 Å². The third-order valence-corrected chi connectivity index (χ3v) is 3.76. The van der Waals surface area contributed by atoms with Gasteiger partial charge in [0.25, 0.3) is 0 Å². The van der Waals surface area contributed by atoms with Gasteiger partial charge in [0.2, 0.25) is 0 Å². The fraction of sp³-hybridized carbons (Fsp3) is 0.231. The normalized spacial score (nSPS) is 13.7. The maximum atomic E-state index is 9.06. The first-order chi connectivity index (χ1) is 8.36. The smallest absolute Gasteiger partial charge is 0.162 e. The number of hydrogen-bond donors (Lipinski definition) is 1. The van der Waals surface area contributed by atoms with Crippen LogP contribution in [-0.4, -0.2) is 18.3 Å². The zero-order valence-corrected chi connectivity index (χ0v) is 10.00. The van der Waals surface area contributed by atoms with Crippen molar-refractivity contribution in [2.24, 2.45) is 0 Å². The first-order valence-corrected chi connectivity index (χ1v) is 6.28. The summed E-state index contributed by atoms with van der Waals surface area (Å²) in [6, 6.07) is 9.89. The van der Waals surface area contributed by atoms with Gasteiger partial charge < -0.3 is 14.6 Å². The van der Waals surface area contributed by atoms with E-state index in [1.54, 1.807) is 11.3 Å². The molecule has 1 aromatic heterocycles. The predicted octanol–water partition coefficient (Wildman–Crippen LogP) is 2.68. The summed E-state index contributed by atoms with van der Waals surface area (Å²) in [7, 11) is 0. The molecule has 0 radical (unpaired) electrons. The van der Waals surface area contributed by atoms with Crippen molar-refractivity contribution >= 4 is 11.3 Å². The van der Waals surface area contributed by atoms with E-state index in [1.807, 2.05) is 30.3 Å². The Hall–Kier alpha value is -1.52. The summed E-state index contributed by atoms with van der Waals surface area (Å²) in [6.07, 6.45) is 0. The van der Waals surface area contributed by atoms with Crippen molar-refractivity contribution in [3.8, 4) is 21.9 Å². The Labute approximate surface area is 103 Å². The zero-order chi connectivity index (χ0) is 11.7. The molecule has 2 heterocycles. The summed E-state index contributed by atoms with van der Waals surface area (Å²) >= 11 is 1.59. The van der Waals surface area contributed by atoms with E-state index in [1.165, 1.54) is 0 Å². The molecule has 1 aromatic carbocycles. The number of fused-ring (bicyclic) bond motifs is 1. The molecule has 1 aliphatic rings. The quantitative estimate of drug-likeness (QED) is 0.888. The van der Waals surface area contributed by atoms with Crippen molar-refractivity contribution in [3.63, 3.8) is 0 Å². The Morgan fingerprint density at radius 1 is 1.06 bits per heavy atom. The highest BCUT2D eigenvalue weighted by Gasteiger charge is 2.13. The molecule has 0 aliphatic carbocycles. The molecule has 0 unspecified atom stereocenters. The number of benzene rings is 1. The lowest BCUT2D eigenvalue weighted by Gasteiger charge is -2.18. The largest absolute Gasteiger partial charge is 0.486 e. The van der Waals surface area contributed by atoms with Crippen molar-refractivity contribution in [1.82, 2.24) is 0 Å². The molecule has 4 heteroatoms. The highest BCUT2D eigenvalue weighted by molar-refractivity contribution is 7.15. The first-order valence-electron chi connectivity index (χ1n) is 5.46. The van der Waals surface area contributed by atoms with E-state index in [4.69, 9.17) is 14.6 Å². The molecule has 0 spiro atoms. The fourth-order valence-electron chi connectivity index (χ4n) is 1.81. The molecule has 0 amide bonds. The second-order valence-corrected chi connectivity index (χ2v) is 4.95. The van der Waals surface area contributed by atoms with Gasteiger partial charge in [-0.05, 0) is 35.9 Å². The maximum absolute atomic E-state index is 9.06. The summed E-state index contributed by atoms with van der Waals surface area (Å²) in [6.45, 7) is 1.30. The van der Waals surface area contributed by atoms with Crippen LogP contribution < -0.4 is 9.47 Å². The summed E-state index contributed by atoms with van der Waals surface area (Å²) in [5.74, 6) is 1.60. The van der Waals surface area contributed by atoms with Gasteiger partial charge >= 0.3 is 0 Å². The van der Waals surface area contributed by atoms with Crippen LogP contribution in [-0.2, 0) is 6.61 Å². The Morgan fingerprint density at radius 3 is 2.65 bits per heavy atom. The van der Waals surface area contributed by atoms with E-state index in [-0.39, 0.29) is 6.61 Å². The zero-order valence-electron chi connectivity index (χ0n) is 9.18. The van der Waals surface area contributed by atoms with Gasteiger partial charge in [-0.2, -0.15) is 0 Å². The Morgan fingerprint density at radius 2 is 1.88 bits per heavy atom. The Kier molecular flexibility index (Phi) is 2.74. The number of aliphatic hydroxyl groups excluding tert-OH is 1. The highest BCUT2D eigenvalue weighted by atomic mass is 32.1. The minimum Gasteiger partial charge on any atom is -0.486 e. The van der Waals surface area contributed by atoms with E-state index in [2.05, 4.69) is 0 Å². The molecule has 0 saturated carbocycles. The first kappa shape index (κ1) is 10.6. The van der Waals surface area contributed by atoms with Crippen LogP contribution in [0.25, 0.3) is 10.4 Å². The van der Waals surface area contributed by atoms with E-state index >= 15 is 0 Å². The molecule has 0 saturated heterocycles. The van der Waals surface area contributed by atoms with Gasteiger partial charge in [0.05, 0.1) is 6.61 Å². The van der Waals surface area contributed by atoms with Crippen LogP contribution in [0.3, 0.4) is 0 Å². The van der Waals surface area contributed by atoms with Crippen LogP contribution in [0, 0.1) is 0 Å².